The topological polar surface area (TPSA) is 86.8 Å². The van der Waals surface area contributed by atoms with Gasteiger partial charge in [0.05, 0.1) is 22.0 Å². The fourth-order valence-corrected chi connectivity index (χ4v) is 4.67. The Morgan fingerprint density at radius 2 is 1.71 bits per heavy atom. The molecule has 0 unspecified atom stereocenters. The summed E-state index contributed by atoms with van der Waals surface area (Å²) in [5.74, 6) is -0.940. The van der Waals surface area contributed by atoms with Crippen molar-refractivity contribution in [3.63, 3.8) is 0 Å². The van der Waals surface area contributed by atoms with Crippen molar-refractivity contribution in [2.24, 2.45) is 0 Å². The van der Waals surface area contributed by atoms with Crippen LogP contribution in [0.15, 0.2) is 42.5 Å². The summed E-state index contributed by atoms with van der Waals surface area (Å²) in [5.41, 5.74) is 0.764. The Kier molecular flexibility index (Phi) is 10.1. The maximum Gasteiger partial charge on any atom is 0.244 e. The van der Waals surface area contributed by atoms with Crippen molar-refractivity contribution in [1.29, 1.82) is 0 Å². The average Bonchev–Trinajstić information content (AvgIpc) is 2.76. The minimum absolute atomic E-state index is 0.00587. The smallest absolute Gasteiger partial charge is 0.244 e. The van der Waals surface area contributed by atoms with E-state index in [9.17, 15) is 18.0 Å². The molecule has 0 aromatic heterocycles. The molecule has 2 atom stereocenters. The second kappa shape index (κ2) is 12.1. The van der Waals surface area contributed by atoms with Crippen molar-refractivity contribution >= 4 is 62.3 Å². The lowest BCUT2D eigenvalue weighted by molar-refractivity contribution is -0.139. The summed E-state index contributed by atoms with van der Waals surface area (Å²) in [6.45, 7) is 4.87. The molecule has 0 aliphatic rings. The van der Waals surface area contributed by atoms with Gasteiger partial charge in [0.15, 0.2) is 0 Å². The lowest BCUT2D eigenvalue weighted by Gasteiger charge is -2.32. The quantitative estimate of drug-likeness (QED) is 0.464. The minimum Gasteiger partial charge on any atom is -0.352 e. The molecule has 0 heterocycles. The van der Waals surface area contributed by atoms with Gasteiger partial charge in [-0.05, 0) is 50.1 Å². The number of rotatable bonds is 10. The van der Waals surface area contributed by atoms with Crippen LogP contribution < -0.4 is 9.62 Å². The Labute approximate surface area is 216 Å². The molecule has 0 saturated carbocycles. The number of hydrogen-bond acceptors (Lipinski definition) is 4. The highest BCUT2D eigenvalue weighted by Crippen LogP contribution is 2.33. The summed E-state index contributed by atoms with van der Waals surface area (Å²) < 4.78 is 26.1. The van der Waals surface area contributed by atoms with Crippen LogP contribution in [-0.4, -0.2) is 50.0 Å². The van der Waals surface area contributed by atoms with Crippen molar-refractivity contribution in [1.82, 2.24) is 10.2 Å². The molecule has 2 rings (SSSR count). The van der Waals surface area contributed by atoms with Crippen molar-refractivity contribution in [2.45, 2.75) is 45.8 Å². The number of carbonyl (C=O) groups excluding carboxylic acids is 2. The predicted molar refractivity (Wildman–Crippen MR) is 138 cm³/mol. The second-order valence-corrected chi connectivity index (χ2v) is 11.1. The van der Waals surface area contributed by atoms with Gasteiger partial charge in [-0.1, -0.05) is 59.9 Å². The third kappa shape index (κ3) is 7.50. The monoisotopic (exact) mass is 547 g/mol. The number of carbonyl (C=O) groups is 2. The van der Waals surface area contributed by atoms with E-state index in [-0.39, 0.29) is 34.2 Å². The fourth-order valence-electron chi connectivity index (χ4n) is 3.16. The molecule has 34 heavy (non-hydrogen) atoms. The number of hydrogen-bond donors (Lipinski definition) is 1. The molecule has 2 aromatic carbocycles. The Bertz CT molecular complexity index is 1140. The van der Waals surface area contributed by atoms with Crippen molar-refractivity contribution in [3.05, 3.63) is 63.1 Å². The molecule has 11 heteroatoms. The minimum atomic E-state index is -3.91. The van der Waals surface area contributed by atoms with Gasteiger partial charge in [0, 0.05) is 17.6 Å². The molecule has 0 aliphatic carbocycles. The van der Waals surface area contributed by atoms with E-state index < -0.39 is 28.5 Å². The lowest BCUT2D eigenvalue weighted by atomic mass is 10.1. The Hall–Kier alpha value is -2.00. The maximum absolute atomic E-state index is 13.5. The van der Waals surface area contributed by atoms with Crippen LogP contribution in [0.25, 0.3) is 0 Å². The molecular formula is C23H28Cl3N3O4S. The first-order valence-corrected chi connectivity index (χ1v) is 13.6. The number of anilines is 1. The van der Waals surface area contributed by atoms with Gasteiger partial charge in [0.25, 0.3) is 0 Å². The molecule has 0 saturated heterocycles. The van der Waals surface area contributed by atoms with Crippen LogP contribution in [-0.2, 0) is 26.2 Å². The summed E-state index contributed by atoms with van der Waals surface area (Å²) in [6, 6.07) is 10.4. The van der Waals surface area contributed by atoms with Gasteiger partial charge < -0.3 is 10.2 Å². The molecule has 2 aromatic rings. The van der Waals surface area contributed by atoms with E-state index in [0.29, 0.717) is 10.6 Å². The first-order chi connectivity index (χ1) is 15.8. The van der Waals surface area contributed by atoms with Gasteiger partial charge in [-0.2, -0.15) is 0 Å². The number of halogens is 3. The van der Waals surface area contributed by atoms with E-state index in [1.165, 1.54) is 23.1 Å². The van der Waals surface area contributed by atoms with Crippen LogP contribution in [0.4, 0.5) is 5.69 Å². The van der Waals surface area contributed by atoms with Gasteiger partial charge in [0.1, 0.15) is 12.6 Å². The summed E-state index contributed by atoms with van der Waals surface area (Å²) in [5, 5.41) is 3.50. The molecule has 0 bridgehead atoms. The molecule has 0 fully saturated rings. The first-order valence-electron chi connectivity index (χ1n) is 10.6. The standard InChI is InChI=1S/C23H28Cl3N3O4S/c1-5-15(2)27-23(31)16(3)28(13-17-8-6-9-18(24)12-17)21(30)14-29(34(4,32)33)20-11-7-10-19(25)22(20)26/h6-12,15-16H,5,13-14H2,1-4H3,(H,27,31)/t15-,16-/m0/s1. The third-order valence-electron chi connectivity index (χ3n) is 5.29. The molecule has 0 aliphatic heterocycles. The normalized spacial score (nSPS) is 13.1. The third-order valence-corrected chi connectivity index (χ3v) is 7.46. The molecule has 0 spiro atoms. The van der Waals surface area contributed by atoms with Crippen LogP contribution in [0.5, 0.6) is 0 Å². The Morgan fingerprint density at radius 1 is 1.06 bits per heavy atom. The number of amides is 2. The van der Waals surface area contributed by atoms with Gasteiger partial charge in [0.2, 0.25) is 21.8 Å². The van der Waals surface area contributed by atoms with Crippen molar-refractivity contribution < 1.29 is 18.0 Å². The van der Waals surface area contributed by atoms with Crippen LogP contribution in [0.1, 0.15) is 32.8 Å². The van der Waals surface area contributed by atoms with Gasteiger partial charge in [-0.15, -0.1) is 0 Å². The highest BCUT2D eigenvalue weighted by atomic mass is 35.5. The van der Waals surface area contributed by atoms with Crippen molar-refractivity contribution in [2.75, 3.05) is 17.1 Å². The summed E-state index contributed by atoms with van der Waals surface area (Å²) >= 11 is 18.4. The largest absolute Gasteiger partial charge is 0.352 e. The number of sulfonamides is 1. The molecule has 186 valence electrons. The zero-order chi connectivity index (χ0) is 25.6. The Morgan fingerprint density at radius 3 is 2.29 bits per heavy atom. The highest BCUT2D eigenvalue weighted by Gasteiger charge is 2.31. The van der Waals surface area contributed by atoms with Gasteiger partial charge in [-0.25, -0.2) is 8.42 Å². The van der Waals surface area contributed by atoms with Gasteiger partial charge >= 0.3 is 0 Å². The molecule has 0 radical (unpaired) electrons. The maximum atomic E-state index is 13.5. The van der Waals surface area contributed by atoms with Crippen LogP contribution >= 0.6 is 34.8 Å². The summed E-state index contributed by atoms with van der Waals surface area (Å²) in [7, 11) is -3.91. The summed E-state index contributed by atoms with van der Waals surface area (Å²) in [4.78, 5) is 27.7. The van der Waals surface area contributed by atoms with Crippen molar-refractivity contribution in [3.8, 4) is 0 Å². The fraction of sp³-hybridized carbons (Fsp3) is 0.391. The highest BCUT2D eigenvalue weighted by molar-refractivity contribution is 7.92. The van der Waals surface area contributed by atoms with E-state index >= 15 is 0 Å². The number of nitrogens with one attached hydrogen (secondary N) is 1. The van der Waals surface area contributed by atoms with E-state index in [4.69, 9.17) is 34.8 Å². The Balaban J connectivity index is 2.43. The predicted octanol–water partition coefficient (Wildman–Crippen LogP) is 4.74. The summed E-state index contributed by atoms with van der Waals surface area (Å²) in [6.07, 6.45) is 1.69. The molecule has 1 N–H and O–H groups in total. The van der Waals surface area contributed by atoms with Gasteiger partial charge in [-0.3, -0.25) is 13.9 Å². The van der Waals surface area contributed by atoms with Crippen LogP contribution in [0.2, 0.25) is 15.1 Å². The molecule has 7 nitrogen and oxygen atoms in total. The first kappa shape index (κ1) is 28.2. The zero-order valence-corrected chi connectivity index (χ0v) is 22.5. The zero-order valence-electron chi connectivity index (χ0n) is 19.4. The SMILES string of the molecule is CC[C@H](C)NC(=O)[C@H](C)N(Cc1cccc(Cl)c1)C(=O)CN(c1cccc(Cl)c1Cl)S(C)(=O)=O. The van der Waals surface area contributed by atoms with Crippen LogP contribution in [0, 0.1) is 0 Å². The number of nitrogens with zero attached hydrogens (tertiary/aromatic N) is 2. The second-order valence-electron chi connectivity index (χ2n) is 7.99. The van der Waals surface area contributed by atoms with E-state index in [1.54, 1.807) is 31.2 Å². The molecular weight excluding hydrogens is 521 g/mol. The average molecular weight is 549 g/mol. The number of benzene rings is 2. The lowest BCUT2D eigenvalue weighted by Crippen LogP contribution is -2.52. The van der Waals surface area contributed by atoms with E-state index in [1.807, 2.05) is 13.8 Å². The van der Waals surface area contributed by atoms with Crippen LogP contribution in [0.3, 0.4) is 0 Å². The molecule has 2 amide bonds. The van der Waals surface area contributed by atoms with E-state index in [2.05, 4.69) is 5.32 Å². The van der Waals surface area contributed by atoms with E-state index in [0.717, 1.165) is 17.0 Å².